The number of nitrogens with one attached hydrogen (secondary N) is 1. The molecular weight excluding hydrogens is 390 g/mol. The maximum absolute atomic E-state index is 12.5. The zero-order valence-electron chi connectivity index (χ0n) is 19.2. The molecule has 0 spiro atoms. The zero-order chi connectivity index (χ0) is 22.4. The number of anilines is 1. The molecule has 1 atom stereocenters. The number of hydrogen-bond donors (Lipinski definition) is 2. The van der Waals surface area contributed by atoms with E-state index in [9.17, 15) is 9.90 Å². The summed E-state index contributed by atoms with van der Waals surface area (Å²) in [5.74, 6) is 1.02. The van der Waals surface area contributed by atoms with Crippen LogP contribution in [-0.2, 0) is 16.9 Å². The number of aromatic hydroxyl groups is 1. The number of phenols is 1. The summed E-state index contributed by atoms with van der Waals surface area (Å²) in [4.78, 5) is 17.2. The van der Waals surface area contributed by atoms with Crippen LogP contribution in [0.4, 0.5) is 5.69 Å². The van der Waals surface area contributed by atoms with Crippen LogP contribution in [0.3, 0.4) is 0 Å². The van der Waals surface area contributed by atoms with Gasteiger partial charge >= 0.3 is 0 Å². The van der Waals surface area contributed by atoms with E-state index in [1.807, 2.05) is 18.2 Å². The van der Waals surface area contributed by atoms with Gasteiger partial charge in [0, 0.05) is 55.8 Å². The van der Waals surface area contributed by atoms with Crippen molar-refractivity contribution >= 4 is 11.6 Å². The number of nitrogens with zero attached hydrogens (tertiary/aromatic N) is 2. The molecule has 2 aromatic carbocycles. The van der Waals surface area contributed by atoms with E-state index in [2.05, 4.69) is 48.0 Å². The number of hydrogen-bond acceptors (Lipinski definition) is 5. The Labute approximate surface area is 184 Å². The summed E-state index contributed by atoms with van der Waals surface area (Å²) < 4.78 is 5.39. The minimum Gasteiger partial charge on any atom is -0.508 e. The van der Waals surface area contributed by atoms with Gasteiger partial charge in [-0.2, -0.15) is 0 Å². The topological polar surface area (TPSA) is 65.0 Å². The first-order valence-corrected chi connectivity index (χ1v) is 10.9. The normalized spacial score (nSPS) is 22.8. The number of carbonyl (C=O) groups is 1. The Balaban J connectivity index is 1.71. The van der Waals surface area contributed by atoms with Crippen molar-refractivity contribution in [2.75, 3.05) is 38.2 Å². The van der Waals surface area contributed by atoms with Crippen molar-refractivity contribution in [1.82, 2.24) is 10.2 Å². The van der Waals surface area contributed by atoms with E-state index in [-0.39, 0.29) is 17.1 Å². The van der Waals surface area contributed by atoms with Crippen LogP contribution in [-0.4, -0.2) is 49.2 Å². The van der Waals surface area contributed by atoms with Gasteiger partial charge in [-0.05, 0) is 42.7 Å². The van der Waals surface area contributed by atoms with Crippen LogP contribution in [0.5, 0.6) is 11.5 Å². The van der Waals surface area contributed by atoms with Gasteiger partial charge in [-0.15, -0.1) is 0 Å². The third kappa shape index (κ3) is 3.43. The average molecular weight is 424 g/mol. The van der Waals surface area contributed by atoms with Crippen LogP contribution in [0.15, 0.2) is 36.4 Å². The molecule has 0 bridgehead atoms. The van der Waals surface area contributed by atoms with E-state index in [0.717, 1.165) is 60.7 Å². The molecule has 6 nitrogen and oxygen atoms in total. The Morgan fingerprint density at radius 2 is 1.84 bits per heavy atom. The summed E-state index contributed by atoms with van der Waals surface area (Å²) in [7, 11) is 1.68. The van der Waals surface area contributed by atoms with E-state index in [4.69, 9.17) is 4.74 Å². The highest BCUT2D eigenvalue weighted by molar-refractivity contribution is 5.75. The molecule has 0 aromatic heterocycles. The molecule has 2 aliphatic rings. The number of methoxy groups -OCH3 is 1. The highest BCUT2D eigenvalue weighted by atomic mass is 16.5. The lowest BCUT2D eigenvalue weighted by Gasteiger charge is -2.53. The fourth-order valence-electron chi connectivity index (χ4n) is 5.54. The number of amides is 1. The van der Waals surface area contributed by atoms with Crippen molar-refractivity contribution in [3.05, 3.63) is 53.1 Å². The molecule has 1 aliphatic carbocycles. The van der Waals surface area contributed by atoms with Gasteiger partial charge in [-0.25, -0.2) is 0 Å². The first kappa shape index (κ1) is 21.5. The van der Waals surface area contributed by atoms with E-state index in [1.54, 1.807) is 20.1 Å². The maximum atomic E-state index is 12.5. The predicted molar refractivity (Wildman–Crippen MR) is 123 cm³/mol. The fourth-order valence-corrected chi connectivity index (χ4v) is 5.54. The van der Waals surface area contributed by atoms with Crippen molar-refractivity contribution < 1.29 is 14.6 Å². The van der Waals surface area contributed by atoms with Crippen molar-refractivity contribution in [2.24, 2.45) is 5.41 Å². The van der Waals surface area contributed by atoms with E-state index in [1.165, 1.54) is 0 Å². The van der Waals surface area contributed by atoms with Gasteiger partial charge in [0.25, 0.3) is 0 Å². The third-order valence-corrected chi connectivity index (χ3v) is 7.01. The lowest BCUT2D eigenvalue weighted by molar-refractivity contribution is -0.129. The van der Waals surface area contributed by atoms with Gasteiger partial charge in [0.05, 0.1) is 7.11 Å². The van der Waals surface area contributed by atoms with Crippen molar-refractivity contribution in [1.29, 1.82) is 0 Å². The highest BCUT2D eigenvalue weighted by Crippen LogP contribution is 2.55. The minimum absolute atomic E-state index is 0.0861. The molecule has 1 heterocycles. The summed E-state index contributed by atoms with van der Waals surface area (Å²) in [6.07, 6.45) is 0.805. The molecule has 1 saturated heterocycles. The van der Waals surface area contributed by atoms with Gasteiger partial charge < -0.3 is 20.1 Å². The standard InChI is InChI=1S/C25H33N3O3/c1-17-9-10-22(30)23-21(17)16-24(3,4)25(23,26-18(2)29)28-13-11-27(12-14-28)19-7-6-8-20(15-19)31-5/h6-10,15,30H,11-14,16H2,1-5H3,(H,26,29). The van der Waals surface area contributed by atoms with Gasteiger partial charge in [0.1, 0.15) is 17.2 Å². The largest absolute Gasteiger partial charge is 0.508 e. The van der Waals surface area contributed by atoms with Crippen molar-refractivity contribution in [2.45, 2.75) is 39.8 Å². The molecule has 166 valence electrons. The maximum Gasteiger partial charge on any atom is 0.218 e. The molecule has 1 aliphatic heterocycles. The molecule has 4 rings (SSSR count). The van der Waals surface area contributed by atoms with Crippen LogP contribution in [0, 0.1) is 12.3 Å². The predicted octanol–water partition coefficient (Wildman–Crippen LogP) is 3.40. The van der Waals surface area contributed by atoms with Crippen LogP contribution in [0.2, 0.25) is 0 Å². The third-order valence-electron chi connectivity index (χ3n) is 7.01. The zero-order valence-corrected chi connectivity index (χ0v) is 19.2. The summed E-state index contributed by atoms with van der Waals surface area (Å²) in [5, 5.41) is 14.3. The summed E-state index contributed by atoms with van der Waals surface area (Å²) >= 11 is 0. The second kappa shape index (κ2) is 7.75. The van der Waals surface area contributed by atoms with E-state index in [0.29, 0.717) is 0 Å². The Bertz CT molecular complexity index is 996. The van der Waals surface area contributed by atoms with Gasteiger partial charge in [0.2, 0.25) is 5.91 Å². The lowest BCUT2D eigenvalue weighted by atomic mass is 9.77. The second-order valence-corrected chi connectivity index (χ2v) is 9.38. The molecule has 2 aromatic rings. The van der Waals surface area contributed by atoms with E-state index >= 15 is 0 Å². The lowest BCUT2D eigenvalue weighted by Crippen LogP contribution is -2.67. The number of carbonyl (C=O) groups excluding carboxylic acids is 1. The van der Waals surface area contributed by atoms with Gasteiger partial charge in [0.15, 0.2) is 0 Å². The molecule has 0 saturated carbocycles. The quantitative estimate of drug-likeness (QED) is 0.789. The molecule has 2 N–H and O–H groups in total. The monoisotopic (exact) mass is 423 g/mol. The summed E-state index contributed by atoms with van der Waals surface area (Å²) in [6, 6.07) is 11.9. The molecular formula is C25H33N3O3. The number of fused-ring (bicyclic) bond motifs is 1. The van der Waals surface area contributed by atoms with Gasteiger partial charge in [-0.1, -0.05) is 26.0 Å². The minimum atomic E-state index is -0.745. The number of piperazine rings is 1. The number of benzene rings is 2. The first-order valence-electron chi connectivity index (χ1n) is 10.9. The Hall–Kier alpha value is -2.73. The second-order valence-electron chi connectivity index (χ2n) is 9.38. The molecule has 1 unspecified atom stereocenters. The fraction of sp³-hybridized carbons (Fsp3) is 0.480. The Kier molecular flexibility index (Phi) is 5.38. The number of aryl methyl sites for hydroxylation is 1. The molecule has 1 amide bonds. The summed E-state index contributed by atoms with van der Waals surface area (Å²) in [5.41, 5.74) is 3.28. The Morgan fingerprint density at radius 1 is 1.13 bits per heavy atom. The summed E-state index contributed by atoms with van der Waals surface area (Å²) in [6.45, 7) is 11.2. The van der Waals surface area contributed by atoms with Crippen molar-refractivity contribution in [3.63, 3.8) is 0 Å². The van der Waals surface area contributed by atoms with Crippen molar-refractivity contribution in [3.8, 4) is 11.5 Å². The SMILES string of the molecule is COc1cccc(N2CCN(C3(NC(C)=O)c4c(O)ccc(C)c4CC3(C)C)CC2)c1. The van der Waals surface area contributed by atoms with Crippen LogP contribution < -0.4 is 15.0 Å². The van der Waals surface area contributed by atoms with Crippen LogP contribution in [0.25, 0.3) is 0 Å². The molecule has 1 fully saturated rings. The first-order chi connectivity index (χ1) is 14.7. The van der Waals surface area contributed by atoms with Crippen LogP contribution >= 0.6 is 0 Å². The van der Waals surface area contributed by atoms with E-state index < -0.39 is 5.66 Å². The highest BCUT2D eigenvalue weighted by Gasteiger charge is 2.58. The molecule has 31 heavy (non-hydrogen) atoms. The smallest absolute Gasteiger partial charge is 0.218 e. The number of phenolic OH excluding ortho intramolecular Hbond substituents is 1. The Morgan fingerprint density at radius 3 is 2.48 bits per heavy atom. The molecule has 0 radical (unpaired) electrons. The van der Waals surface area contributed by atoms with Crippen LogP contribution in [0.1, 0.15) is 37.5 Å². The number of rotatable bonds is 4. The van der Waals surface area contributed by atoms with Gasteiger partial charge in [-0.3, -0.25) is 9.69 Å². The molecule has 6 heteroatoms. The average Bonchev–Trinajstić information content (AvgIpc) is 2.99. The number of ether oxygens (including phenoxy) is 1.